The van der Waals surface area contributed by atoms with Crippen molar-refractivity contribution in [2.75, 3.05) is 13.7 Å². The Morgan fingerprint density at radius 3 is 2.27 bits per heavy atom. The van der Waals surface area contributed by atoms with Crippen LogP contribution >= 0.6 is 0 Å². The molecule has 0 atom stereocenters. The topological polar surface area (TPSA) is 72.0 Å². The Bertz CT molecular complexity index is 888. The fourth-order valence-electron chi connectivity index (χ4n) is 3.20. The minimum Gasteiger partial charge on any atom is -0.476 e. The zero-order valence-corrected chi connectivity index (χ0v) is 20.9. The summed E-state index contributed by atoms with van der Waals surface area (Å²) in [5.41, 5.74) is 5.88. The summed E-state index contributed by atoms with van der Waals surface area (Å²) in [6, 6.07) is 16.4. The minimum absolute atomic E-state index is 0.400. The van der Waals surface area contributed by atoms with E-state index < -0.39 is 11.6 Å². The van der Waals surface area contributed by atoms with Crippen molar-refractivity contribution in [3.05, 3.63) is 65.2 Å². The fraction of sp³-hybridized carbons (Fsp3) is 0.481. The maximum atomic E-state index is 11.8. The highest BCUT2D eigenvalue weighted by atomic mass is 16.6. The Labute approximate surface area is 198 Å². The van der Waals surface area contributed by atoms with E-state index in [0.717, 1.165) is 31.6 Å². The number of hydrogen-bond acceptors (Lipinski definition) is 5. The van der Waals surface area contributed by atoms with E-state index in [1.165, 1.54) is 23.8 Å². The molecule has 0 fully saturated rings. The number of methoxy groups -OCH3 is 1. The number of nitrogens with one attached hydrogen (secondary N) is 2. The number of carbonyl (C=O) groups is 1. The number of aryl methyl sites for hydroxylation is 2. The largest absolute Gasteiger partial charge is 0.476 e. The molecule has 0 saturated heterocycles. The zero-order valence-electron chi connectivity index (χ0n) is 20.9. The lowest BCUT2D eigenvalue weighted by Crippen LogP contribution is -2.39. The first-order valence-electron chi connectivity index (χ1n) is 11.6. The van der Waals surface area contributed by atoms with E-state index in [9.17, 15) is 4.79 Å². The lowest BCUT2D eigenvalue weighted by Gasteiger charge is -2.23. The number of hydrazone groups is 1. The lowest BCUT2D eigenvalue weighted by molar-refractivity contribution is -0.156. The third kappa shape index (κ3) is 9.56. The van der Waals surface area contributed by atoms with Crippen molar-refractivity contribution in [2.24, 2.45) is 11.0 Å². The predicted octanol–water partition coefficient (Wildman–Crippen LogP) is 5.00. The summed E-state index contributed by atoms with van der Waals surface area (Å²) in [5.74, 6) is 1.78. The first kappa shape index (κ1) is 26.2. The molecular formula is C27H39N3O3. The van der Waals surface area contributed by atoms with E-state index in [1.807, 2.05) is 24.3 Å². The molecule has 6 nitrogen and oxygen atoms in total. The van der Waals surface area contributed by atoms with Gasteiger partial charge in [0.2, 0.25) is 0 Å². The van der Waals surface area contributed by atoms with Crippen molar-refractivity contribution in [2.45, 2.75) is 66.0 Å². The van der Waals surface area contributed by atoms with Crippen molar-refractivity contribution in [1.82, 2.24) is 10.7 Å². The molecule has 0 spiro atoms. The molecule has 180 valence electrons. The van der Waals surface area contributed by atoms with Gasteiger partial charge in [0.15, 0.2) is 5.60 Å². The van der Waals surface area contributed by atoms with Gasteiger partial charge >= 0.3 is 5.97 Å². The van der Waals surface area contributed by atoms with Gasteiger partial charge in [-0.1, -0.05) is 55.8 Å². The molecule has 0 aliphatic heterocycles. The van der Waals surface area contributed by atoms with Gasteiger partial charge in [-0.3, -0.25) is 0 Å². The van der Waals surface area contributed by atoms with Crippen LogP contribution in [0.15, 0.2) is 53.6 Å². The highest BCUT2D eigenvalue weighted by Gasteiger charge is 2.30. The molecule has 0 aliphatic carbocycles. The molecule has 2 aromatic carbocycles. The van der Waals surface area contributed by atoms with Gasteiger partial charge in [-0.2, -0.15) is 5.10 Å². The number of hydrogen-bond donors (Lipinski definition) is 2. The Morgan fingerprint density at radius 1 is 1.03 bits per heavy atom. The normalized spacial score (nSPS) is 11.9. The Hall–Kier alpha value is -3.02. The molecule has 0 heterocycles. The zero-order chi connectivity index (χ0) is 24.3. The number of benzene rings is 2. The third-order valence-electron chi connectivity index (χ3n) is 5.18. The molecule has 33 heavy (non-hydrogen) atoms. The van der Waals surface area contributed by atoms with E-state index in [0.29, 0.717) is 18.2 Å². The van der Waals surface area contributed by atoms with Gasteiger partial charge in [0.25, 0.3) is 0 Å². The second-order valence-corrected chi connectivity index (χ2v) is 9.26. The van der Waals surface area contributed by atoms with Crippen molar-refractivity contribution in [3.63, 3.8) is 0 Å². The molecule has 0 saturated carbocycles. The van der Waals surface area contributed by atoms with E-state index in [-0.39, 0.29) is 0 Å². The molecule has 0 unspecified atom stereocenters. The first-order valence-corrected chi connectivity index (χ1v) is 11.6. The molecule has 0 aromatic heterocycles. The number of rotatable bonds is 12. The molecule has 2 rings (SSSR count). The maximum Gasteiger partial charge on any atom is 0.349 e. The Balaban J connectivity index is 1.87. The molecule has 0 bridgehead atoms. The molecule has 0 radical (unpaired) electrons. The summed E-state index contributed by atoms with van der Waals surface area (Å²) < 4.78 is 10.6. The highest BCUT2D eigenvalue weighted by molar-refractivity contribution is 5.82. The average molecular weight is 454 g/mol. The first-order chi connectivity index (χ1) is 15.7. The van der Waals surface area contributed by atoms with Gasteiger partial charge in [-0.25, -0.2) is 4.79 Å². The van der Waals surface area contributed by atoms with E-state index in [4.69, 9.17) is 9.47 Å². The average Bonchev–Trinajstić information content (AvgIpc) is 2.78. The standard InChI is InChI=1S/C27H39N3O3/c1-20(2)18-28-25(30-29-19-23-12-10-21(3)11-13-23)9-7-8-22-14-16-24(17-15-22)33-27(4,5)26(31)32-6/h10-17,20,29H,7-9,18-19H2,1-6H3,(H,28,30). The smallest absolute Gasteiger partial charge is 0.349 e. The van der Waals surface area contributed by atoms with Crippen LogP contribution < -0.4 is 15.5 Å². The summed E-state index contributed by atoms with van der Waals surface area (Å²) in [6.07, 6.45) is 2.77. The highest BCUT2D eigenvalue weighted by Crippen LogP contribution is 2.20. The van der Waals surface area contributed by atoms with Crippen LogP contribution in [0.1, 0.15) is 57.2 Å². The van der Waals surface area contributed by atoms with Gasteiger partial charge in [0, 0.05) is 13.0 Å². The number of carbonyl (C=O) groups excluding carboxylic acids is 1. The summed E-state index contributed by atoms with van der Waals surface area (Å²) in [4.78, 5) is 11.8. The summed E-state index contributed by atoms with van der Waals surface area (Å²) in [6.45, 7) is 11.5. The van der Waals surface area contributed by atoms with Crippen LogP contribution in [0.2, 0.25) is 0 Å². The molecule has 6 heteroatoms. The van der Waals surface area contributed by atoms with Gasteiger partial charge in [0.05, 0.1) is 13.7 Å². The third-order valence-corrected chi connectivity index (χ3v) is 5.18. The van der Waals surface area contributed by atoms with Crippen LogP contribution in [0.4, 0.5) is 0 Å². The van der Waals surface area contributed by atoms with Gasteiger partial charge in [0.1, 0.15) is 11.6 Å². The fourth-order valence-corrected chi connectivity index (χ4v) is 3.20. The van der Waals surface area contributed by atoms with Crippen molar-refractivity contribution in [3.8, 4) is 5.75 Å². The van der Waals surface area contributed by atoms with Crippen LogP contribution in [0, 0.1) is 12.8 Å². The SMILES string of the molecule is COC(=O)C(C)(C)Oc1ccc(CCC/C(=N/NCc2ccc(C)cc2)NCC(C)C)cc1. The predicted molar refractivity (Wildman–Crippen MR) is 134 cm³/mol. The van der Waals surface area contributed by atoms with Crippen LogP contribution in [0.25, 0.3) is 0 Å². The lowest BCUT2D eigenvalue weighted by atomic mass is 10.1. The molecule has 0 amide bonds. The maximum absolute atomic E-state index is 11.8. The van der Waals surface area contributed by atoms with Crippen molar-refractivity contribution < 1.29 is 14.3 Å². The Kier molecular flexibility index (Phi) is 10.2. The molecule has 2 aromatic rings. The minimum atomic E-state index is -1.02. The van der Waals surface area contributed by atoms with E-state index >= 15 is 0 Å². The van der Waals surface area contributed by atoms with E-state index in [2.05, 4.69) is 60.9 Å². The van der Waals surface area contributed by atoms with Gasteiger partial charge in [-0.15, -0.1) is 0 Å². The van der Waals surface area contributed by atoms with Crippen LogP contribution in [0.5, 0.6) is 5.75 Å². The molecular weight excluding hydrogens is 414 g/mol. The number of amidine groups is 1. The van der Waals surface area contributed by atoms with Gasteiger partial charge in [-0.05, 0) is 62.8 Å². The van der Waals surface area contributed by atoms with Crippen LogP contribution in [-0.2, 0) is 22.5 Å². The molecule has 0 aliphatic rings. The Morgan fingerprint density at radius 2 is 1.67 bits per heavy atom. The summed E-state index contributed by atoms with van der Waals surface area (Å²) >= 11 is 0. The summed E-state index contributed by atoms with van der Waals surface area (Å²) in [7, 11) is 1.36. The monoisotopic (exact) mass is 453 g/mol. The van der Waals surface area contributed by atoms with Crippen LogP contribution in [0.3, 0.4) is 0 Å². The number of ether oxygens (including phenoxy) is 2. The van der Waals surface area contributed by atoms with E-state index in [1.54, 1.807) is 13.8 Å². The van der Waals surface area contributed by atoms with Crippen LogP contribution in [-0.4, -0.2) is 31.1 Å². The number of nitrogens with zero attached hydrogens (tertiary/aromatic N) is 1. The molecule has 2 N–H and O–H groups in total. The second-order valence-electron chi connectivity index (χ2n) is 9.26. The number of esters is 1. The van der Waals surface area contributed by atoms with Gasteiger partial charge < -0.3 is 20.2 Å². The summed E-state index contributed by atoms with van der Waals surface area (Å²) in [5, 5.41) is 8.09. The second kappa shape index (κ2) is 12.9. The van der Waals surface area contributed by atoms with Crippen molar-refractivity contribution in [1.29, 1.82) is 0 Å². The quantitative estimate of drug-likeness (QED) is 0.205. The van der Waals surface area contributed by atoms with Crippen molar-refractivity contribution >= 4 is 11.8 Å².